The summed E-state index contributed by atoms with van der Waals surface area (Å²) in [5, 5.41) is 9.30. The van der Waals surface area contributed by atoms with Crippen LogP contribution in [0.25, 0.3) is 0 Å². The van der Waals surface area contributed by atoms with Crippen LogP contribution in [0.5, 0.6) is 0 Å². The van der Waals surface area contributed by atoms with E-state index in [1.807, 2.05) is 24.3 Å². The summed E-state index contributed by atoms with van der Waals surface area (Å²) >= 11 is 10.9. The first kappa shape index (κ1) is 13.5. The van der Waals surface area contributed by atoms with Gasteiger partial charge in [-0.05, 0) is 42.5 Å². The fourth-order valence-corrected chi connectivity index (χ4v) is 2.73. The van der Waals surface area contributed by atoms with Crippen molar-refractivity contribution in [3.63, 3.8) is 0 Å². The fourth-order valence-electron chi connectivity index (χ4n) is 1.35. The van der Waals surface area contributed by atoms with Gasteiger partial charge in [-0.3, -0.25) is 0 Å². The topological polar surface area (TPSA) is 37.3 Å². The van der Waals surface area contributed by atoms with Crippen LogP contribution in [0.1, 0.15) is 10.4 Å². The SMILES string of the molecule is O=C(O)c1ccc(Sc2ccc(Br)cc2)c(Cl)c1. The van der Waals surface area contributed by atoms with Crippen molar-refractivity contribution in [2.24, 2.45) is 0 Å². The number of hydrogen-bond donors (Lipinski definition) is 1. The van der Waals surface area contributed by atoms with E-state index in [-0.39, 0.29) is 5.56 Å². The van der Waals surface area contributed by atoms with Gasteiger partial charge in [0.1, 0.15) is 0 Å². The molecule has 92 valence electrons. The molecule has 0 aliphatic heterocycles. The van der Waals surface area contributed by atoms with E-state index in [9.17, 15) is 4.79 Å². The number of carbonyl (C=O) groups is 1. The van der Waals surface area contributed by atoms with Crippen LogP contribution in [0.2, 0.25) is 5.02 Å². The lowest BCUT2D eigenvalue weighted by Crippen LogP contribution is -1.95. The van der Waals surface area contributed by atoms with E-state index in [0.717, 1.165) is 14.3 Å². The van der Waals surface area contributed by atoms with Crippen molar-refractivity contribution in [1.29, 1.82) is 0 Å². The molecule has 1 N–H and O–H groups in total. The maximum absolute atomic E-state index is 10.8. The number of hydrogen-bond acceptors (Lipinski definition) is 2. The molecule has 2 rings (SSSR count). The van der Waals surface area contributed by atoms with Gasteiger partial charge in [-0.15, -0.1) is 0 Å². The van der Waals surface area contributed by atoms with Crippen LogP contribution in [0.4, 0.5) is 0 Å². The van der Waals surface area contributed by atoms with Gasteiger partial charge in [0.05, 0.1) is 10.6 Å². The summed E-state index contributed by atoms with van der Waals surface area (Å²) in [5.74, 6) is -0.975. The zero-order valence-corrected chi connectivity index (χ0v) is 12.2. The molecule has 2 nitrogen and oxygen atoms in total. The van der Waals surface area contributed by atoms with E-state index in [1.54, 1.807) is 12.1 Å². The lowest BCUT2D eigenvalue weighted by molar-refractivity contribution is 0.0697. The molecule has 2 aromatic rings. The molecule has 0 amide bonds. The molecular formula is C13H8BrClO2S. The Morgan fingerprint density at radius 3 is 2.39 bits per heavy atom. The third-order valence-electron chi connectivity index (χ3n) is 2.22. The van der Waals surface area contributed by atoms with E-state index in [1.165, 1.54) is 17.8 Å². The Morgan fingerprint density at radius 2 is 1.83 bits per heavy atom. The lowest BCUT2D eigenvalue weighted by atomic mass is 10.2. The smallest absolute Gasteiger partial charge is 0.335 e. The molecule has 0 radical (unpaired) electrons. The molecule has 0 aromatic heterocycles. The molecule has 0 saturated heterocycles. The Balaban J connectivity index is 2.24. The minimum Gasteiger partial charge on any atom is -0.478 e. The molecular weight excluding hydrogens is 336 g/mol. The summed E-state index contributed by atoms with van der Waals surface area (Å²) < 4.78 is 1.01. The average Bonchev–Trinajstić information content (AvgIpc) is 2.34. The van der Waals surface area contributed by atoms with Gasteiger partial charge >= 0.3 is 5.97 Å². The number of benzene rings is 2. The number of rotatable bonds is 3. The van der Waals surface area contributed by atoms with Crippen molar-refractivity contribution >= 4 is 45.3 Å². The van der Waals surface area contributed by atoms with Crippen LogP contribution in [0.3, 0.4) is 0 Å². The van der Waals surface area contributed by atoms with Crippen molar-refractivity contribution in [2.45, 2.75) is 9.79 Å². The molecule has 0 fully saturated rings. The van der Waals surface area contributed by atoms with Crippen LogP contribution < -0.4 is 0 Å². The summed E-state index contributed by atoms with van der Waals surface area (Å²) in [5.41, 5.74) is 0.195. The predicted molar refractivity (Wildman–Crippen MR) is 76.7 cm³/mol. The first-order chi connectivity index (χ1) is 8.56. The average molecular weight is 344 g/mol. The lowest BCUT2D eigenvalue weighted by Gasteiger charge is -2.05. The Labute approximate surface area is 122 Å². The molecule has 18 heavy (non-hydrogen) atoms. The van der Waals surface area contributed by atoms with Gasteiger partial charge in [0.25, 0.3) is 0 Å². The van der Waals surface area contributed by atoms with Crippen molar-refractivity contribution in [1.82, 2.24) is 0 Å². The molecule has 0 aliphatic carbocycles. The zero-order chi connectivity index (χ0) is 13.1. The molecule has 0 bridgehead atoms. The van der Waals surface area contributed by atoms with E-state index < -0.39 is 5.97 Å². The second-order valence-electron chi connectivity index (χ2n) is 3.51. The van der Waals surface area contributed by atoms with E-state index in [0.29, 0.717) is 5.02 Å². The molecule has 5 heteroatoms. The van der Waals surface area contributed by atoms with Crippen molar-refractivity contribution < 1.29 is 9.90 Å². The Hall–Kier alpha value is -0.970. The summed E-state index contributed by atoms with van der Waals surface area (Å²) in [6.07, 6.45) is 0. The van der Waals surface area contributed by atoms with Crippen molar-refractivity contribution in [3.05, 3.63) is 57.5 Å². The van der Waals surface area contributed by atoms with Crippen molar-refractivity contribution in [2.75, 3.05) is 0 Å². The van der Waals surface area contributed by atoms with Gasteiger partial charge in [0.2, 0.25) is 0 Å². The molecule has 2 aromatic carbocycles. The summed E-state index contributed by atoms with van der Waals surface area (Å²) in [4.78, 5) is 12.7. The Morgan fingerprint density at radius 1 is 1.17 bits per heavy atom. The van der Waals surface area contributed by atoms with Gasteiger partial charge in [0.15, 0.2) is 0 Å². The molecule has 0 heterocycles. The zero-order valence-electron chi connectivity index (χ0n) is 9.06. The highest BCUT2D eigenvalue weighted by Gasteiger charge is 2.08. The molecule has 0 unspecified atom stereocenters. The standard InChI is InChI=1S/C13H8BrClO2S/c14-9-2-4-10(5-3-9)18-12-6-1-8(13(16)17)7-11(12)15/h1-7H,(H,16,17). The Kier molecular flexibility index (Phi) is 4.32. The largest absolute Gasteiger partial charge is 0.478 e. The number of aromatic carboxylic acids is 1. The molecule has 0 aliphatic rings. The second-order valence-corrected chi connectivity index (χ2v) is 5.94. The third kappa shape index (κ3) is 3.28. The fraction of sp³-hybridized carbons (Fsp3) is 0. The van der Waals surface area contributed by atoms with Gasteiger partial charge in [-0.25, -0.2) is 4.79 Å². The minimum atomic E-state index is -0.975. The highest BCUT2D eigenvalue weighted by atomic mass is 79.9. The maximum atomic E-state index is 10.8. The van der Waals surface area contributed by atoms with E-state index in [2.05, 4.69) is 15.9 Å². The molecule has 0 spiro atoms. The van der Waals surface area contributed by atoms with Gasteiger partial charge in [-0.2, -0.15) is 0 Å². The molecule has 0 saturated carbocycles. The van der Waals surface area contributed by atoms with Gasteiger partial charge in [0, 0.05) is 14.3 Å². The first-order valence-corrected chi connectivity index (χ1v) is 7.01. The number of halogens is 2. The maximum Gasteiger partial charge on any atom is 0.335 e. The summed E-state index contributed by atoms with van der Waals surface area (Å²) in [6.45, 7) is 0. The van der Waals surface area contributed by atoms with Gasteiger partial charge < -0.3 is 5.11 Å². The predicted octanol–water partition coefficient (Wildman–Crippen LogP) is 4.95. The third-order valence-corrected chi connectivity index (χ3v) is 4.26. The molecule has 0 atom stereocenters. The van der Waals surface area contributed by atoms with Gasteiger partial charge in [-0.1, -0.05) is 39.3 Å². The number of carboxylic acids is 1. The van der Waals surface area contributed by atoms with Crippen LogP contribution in [-0.2, 0) is 0 Å². The van der Waals surface area contributed by atoms with Crippen LogP contribution in [-0.4, -0.2) is 11.1 Å². The van der Waals surface area contributed by atoms with Crippen LogP contribution >= 0.6 is 39.3 Å². The second kappa shape index (κ2) is 5.78. The Bertz CT molecular complexity index is 584. The minimum absolute atomic E-state index is 0.195. The van der Waals surface area contributed by atoms with E-state index in [4.69, 9.17) is 16.7 Å². The van der Waals surface area contributed by atoms with E-state index >= 15 is 0 Å². The summed E-state index contributed by atoms with van der Waals surface area (Å²) in [7, 11) is 0. The first-order valence-electron chi connectivity index (χ1n) is 5.02. The summed E-state index contributed by atoms with van der Waals surface area (Å²) in [6, 6.07) is 12.6. The normalized spacial score (nSPS) is 10.3. The monoisotopic (exact) mass is 342 g/mol. The van der Waals surface area contributed by atoms with Crippen LogP contribution in [0.15, 0.2) is 56.7 Å². The highest BCUT2D eigenvalue weighted by Crippen LogP contribution is 2.34. The quantitative estimate of drug-likeness (QED) is 0.856. The van der Waals surface area contributed by atoms with Crippen molar-refractivity contribution in [3.8, 4) is 0 Å². The number of carboxylic acid groups (broad SMARTS) is 1. The highest BCUT2D eigenvalue weighted by molar-refractivity contribution is 9.10. The van der Waals surface area contributed by atoms with Crippen LogP contribution in [0, 0.1) is 0 Å².